The van der Waals surface area contributed by atoms with E-state index in [1.54, 1.807) is 12.1 Å². The fourth-order valence-corrected chi connectivity index (χ4v) is 2.22. The van der Waals surface area contributed by atoms with Crippen LogP contribution in [0.1, 0.15) is 36.2 Å². The molecular formula is C14H21BrN2O2. The molecule has 0 saturated heterocycles. The highest BCUT2D eigenvalue weighted by molar-refractivity contribution is 9.10. The molecular weight excluding hydrogens is 308 g/mol. The van der Waals surface area contributed by atoms with Gasteiger partial charge in [-0.15, -0.1) is 0 Å². The van der Waals surface area contributed by atoms with Gasteiger partial charge in [-0.05, 0) is 36.5 Å². The second kappa shape index (κ2) is 6.39. The molecule has 19 heavy (non-hydrogen) atoms. The number of amides is 1. The molecule has 0 aliphatic carbocycles. The lowest BCUT2D eigenvalue weighted by Gasteiger charge is -2.24. The number of benzene rings is 1. The van der Waals surface area contributed by atoms with Crippen molar-refractivity contribution in [3.8, 4) is 0 Å². The SMILES string of the molecule is Cc1c(N)cc(Br)cc1C(=O)NCC(C)(C)CCO. The van der Waals surface area contributed by atoms with Gasteiger partial charge >= 0.3 is 0 Å². The van der Waals surface area contributed by atoms with E-state index in [-0.39, 0.29) is 17.9 Å². The van der Waals surface area contributed by atoms with Crippen LogP contribution in [0.3, 0.4) is 0 Å². The van der Waals surface area contributed by atoms with Crippen LogP contribution in [-0.4, -0.2) is 24.2 Å². The van der Waals surface area contributed by atoms with Crippen molar-refractivity contribution in [1.82, 2.24) is 5.32 Å². The zero-order valence-corrected chi connectivity index (χ0v) is 13.2. The molecule has 0 heterocycles. The second-order valence-corrected chi connectivity index (χ2v) is 6.40. The van der Waals surface area contributed by atoms with Crippen molar-refractivity contribution in [2.24, 2.45) is 5.41 Å². The number of halogens is 1. The molecule has 0 atom stereocenters. The van der Waals surface area contributed by atoms with E-state index in [0.29, 0.717) is 24.2 Å². The average molecular weight is 329 g/mol. The topological polar surface area (TPSA) is 75.4 Å². The van der Waals surface area contributed by atoms with Crippen LogP contribution in [0.15, 0.2) is 16.6 Å². The Labute approximate surface area is 122 Å². The van der Waals surface area contributed by atoms with Gasteiger partial charge in [0.15, 0.2) is 0 Å². The van der Waals surface area contributed by atoms with E-state index >= 15 is 0 Å². The summed E-state index contributed by atoms with van der Waals surface area (Å²) >= 11 is 3.34. The average Bonchev–Trinajstić information content (AvgIpc) is 2.31. The summed E-state index contributed by atoms with van der Waals surface area (Å²) in [5.74, 6) is -0.142. The number of rotatable bonds is 5. The van der Waals surface area contributed by atoms with Gasteiger partial charge in [-0.25, -0.2) is 0 Å². The minimum atomic E-state index is -0.142. The number of carbonyl (C=O) groups excluding carboxylic acids is 1. The third-order valence-electron chi connectivity index (χ3n) is 3.17. The lowest BCUT2D eigenvalue weighted by molar-refractivity contribution is 0.0927. The number of hydrogen-bond acceptors (Lipinski definition) is 3. The highest BCUT2D eigenvalue weighted by atomic mass is 79.9. The van der Waals surface area contributed by atoms with Gasteiger partial charge in [0.25, 0.3) is 5.91 Å². The molecule has 0 saturated carbocycles. The van der Waals surface area contributed by atoms with E-state index in [0.717, 1.165) is 10.0 Å². The fourth-order valence-electron chi connectivity index (χ4n) is 1.74. The van der Waals surface area contributed by atoms with Crippen LogP contribution in [-0.2, 0) is 0 Å². The quantitative estimate of drug-likeness (QED) is 0.727. The smallest absolute Gasteiger partial charge is 0.251 e. The zero-order chi connectivity index (χ0) is 14.6. The van der Waals surface area contributed by atoms with Crippen LogP contribution in [0.4, 0.5) is 5.69 Å². The van der Waals surface area contributed by atoms with Gasteiger partial charge in [0.05, 0.1) is 0 Å². The van der Waals surface area contributed by atoms with Crippen molar-refractivity contribution >= 4 is 27.5 Å². The molecule has 0 bridgehead atoms. The molecule has 1 aromatic carbocycles. The van der Waals surface area contributed by atoms with Gasteiger partial charge in [-0.3, -0.25) is 4.79 Å². The monoisotopic (exact) mass is 328 g/mol. The van der Waals surface area contributed by atoms with Crippen molar-refractivity contribution in [2.75, 3.05) is 18.9 Å². The fraction of sp³-hybridized carbons (Fsp3) is 0.500. The predicted molar refractivity (Wildman–Crippen MR) is 81.1 cm³/mol. The van der Waals surface area contributed by atoms with Gasteiger partial charge in [0.1, 0.15) is 0 Å². The van der Waals surface area contributed by atoms with Crippen LogP contribution in [0.25, 0.3) is 0 Å². The molecule has 1 amide bonds. The predicted octanol–water partition coefficient (Wildman–Crippen LogP) is 2.48. The summed E-state index contributed by atoms with van der Waals surface area (Å²) in [7, 11) is 0. The van der Waals surface area contributed by atoms with Crippen molar-refractivity contribution < 1.29 is 9.90 Å². The molecule has 106 valence electrons. The molecule has 0 radical (unpaired) electrons. The van der Waals surface area contributed by atoms with Crippen molar-refractivity contribution in [3.05, 3.63) is 27.7 Å². The Hall–Kier alpha value is -1.07. The minimum Gasteiger partial charge on any atom is -0.398 e. The largest absolute Gasteiger partial charge is 0.398 e. The summed E-state index contributed by atoms with van der Waals surface area (Å²) in [6.45, 7) is 6.47. The van der Waals surface area contributed by atoms with E-state index < -0.39 is 0 Å². The van der Waals surface area contributed by atoms with Gasteiger partial charge in [0.2, 0.25) is 0 Å². The van der Waals surface area contributed by atoms with Crippen LogP contribution in [0.2, 0.25) is 0 Å². The Bertz CT molecular complexity index is 473. The Morgan fingerprint density at radius 2 is 2.11 bits per heavy atom. The lowest BCUT2D eigenvalue weighted by atomic mass is 9.89. The Kier molecular flexibility index (Phi) is 5.38. The molecule has 0 aromatic heterocycles. The molecule has 0 unspecified atom stereocenters. The van der Waals surface area contributed by atoms with Crippen LogP contribution in [0.5, 0.6) is 0 Å². The van der Waals surface area contributed by atoms with Crippen LogP contribution < -0.4 is 11.1 Å². The summed E-state index contributed by atoms with van der Waals surface area (Å²) in [6.07, 6.45) is 0.646. The molecule has 4 N–H and O–H groups in total. The first-order valence-corrected chi connectivity index (χ1v) is 7.01. The number of aliphatic hydroxyl groups is 1. The molecule has 0 spiro atoms. The van der Waals surface area contributed by atoms with E-state index in [1.807, 2.05) is 20.8 Å². The number of nitrogens with one attached hydrogen (secondary N) is 1. The molecule has 0 aliphatic heterocycles. The number of aliphatic hydroxyl groups excluding tert-OH is 1. The van der Waals surface area contributed by atoms with Crippen LogP contribution in [0, 0.1) is 12.3 Å². The maximum Gasteiger partial charge on any atom is 0.251 e. The zero-order valence-electron chi connectivity index (χ0n) is 11.6. The van der Waals surface area contributed by atoms with Gasteiger partial charge < -0.3 is 16.2 Å². The van der Waals surface area contributed by atoms with Gasteiger partial charge in [-0.1, -0.05) is 29.8 Å². The summed E-state index contributed by atoms with van der Waals surface area (Å²) in [4.78, 5) is 12.2. The summed E-state index contributed by atoms with van der Waals surface area (Å²) in [6, 6.07) is 3.54. The molecule has 5 heteroatoms. The minimum absolute atomic E-state index is 0.117. The van der Waals surface area contributed by atoms with E-state index in [2.05, 4.69) is 21.2 Å². The van der Waals surface area contributed by atoms with E-state index in [9.17, 15) is 4.79 Å². The van der Waals surface area contributed by atoms with Gasteiger partial charge in [0, 0.05) is 28.9 Å². The van der Waals surface area contributed by atoms with Crippen molar-refractivity contribution in [2.45, 2.75) is 27.2 Å². The molecule has 1 rings (SSSR count). The number of hydrogen-bond donors (Lipinski definition) is 3. The molecule has 0 aliphatic rings. The molecule has 1 aromatic rings. The summed E-state index contributed by atoms with van der Waals surface area (Å²) in [5, 5.41) is 11.9. The number of nitrogen functional groups attached to an aromatic ring is 1. The second-order valence-electron chi connectivity index (χ2n) is 5.49. The first-order valence-electron chi connectivity index (χ1n) is 6.21. The normalized spacial score (nSPS) is 11.4. The summed E-state index contributed by atoms with van der Waals surface area (Å²) in [5.41, 5.74) is 7.66. The van der Waals surface area contributed by atoms with E-state index in [1.165, 1.54) is 0 Å². The van der Waals surface area contributed by atoms with Crippen molar-refractivity contribution in [1.29, 1.82) is 0 Å². The van der Waals surface area contributed by atoms with Gasteiger partial charge in [-0.2, -0.15) is 0 Å². The standard InChI is InChI=1S/C14H21BrN2O2/c1-9-11(6-10(15)7-12(9)16)13(19)17-8-14(2,3)4-5-18/h6-7,18H,4-5,8,16H2,1-3H3,(H,17,19). The highest BCUT2D eigenvalue weighted by Gasteiger charge is 2.19. The van der Waals surface area contributed by atoms with E-state index in [4.69, 9.17) is 10.8 Å². The Morgan fingerprint density at radius 1 is 1.47 bits per heavy atom. The van der Waals surface area contributed by atoms with Crippen LogP contribution >= 0.6 is 15.9 Å². The first kappa shape index (κ1) is 16.0. The highest BCUT2D eigenvalue weighted by Crippen LogP contribution is 2.23. The lowest BCUT2D eigenvalue weighted by Crippen LogP contribution is -2.35. The first-order chi connectivity index (χ1) is 8.76. The van der Waals surface area contributed by atoms with Crippen molar-refractivity contribution in [3.63, 3.8) is 0 Å². The maximum absolute atomic E-state index is 12.2. The molecule has 0 fully saturated rings. The molecule has 4 nitrogen and oxygen atoms in total. The third-order valence-corrected chi connectivity index (χ3v) is 3.63. The Morgan fingerprint density at radius 3 is 2.68 bits per heavy atom. The third kappa shape index (κ3) is 4.51. The summed E-state index contributed by atoms with van der Waals surface area (Å²) < 4.78 is 0.787. The number of anilines is 1. The Balaban J connectivity index is 2.80. The number of carbonyl (C=O) groups is 1. The number of nitrogens with two attached hydrogens (primary N) is 1. The maximum atomic E-state index is 12.2.